The van der Waals surface area contributed by atoms with Gasteiger partial charge < -0.3 is 19.3 Å². The minimum atomic E-state index is -2.36. The van der Waals surface area contributed by atoms with Gasteiger partial charge in [0.05, 0.1) is 12.8 Å². The van der Waals surface area contributed by atoms with Crippen molar-refractivity contribution in [2.75, 3.05) is 0 Å². The average Bonchev–Trinajstić information content (AvgIpc) is 3.30. The summed E-state index contributed by atoms with van der Waals surface area (Å²) >= 11 is 0. The molecule has 0 heterocycles. The Morgan fingerprint density at radius 2 is 0.478 bits per heavy atom. The number of carbonyl (C=O) groups excluding carboxylic acids is 3. The lowest BCUT2D eigenvalue weighted by atomic mass is 9.94. The van der Waals surface area contributed by atoms with Gasteiger partial charge in [0, 0.05) is 0 Å². The van der Waals surface area contributed by atoms with Gasteiger partial charge >= 0.3 is 17.9 Å². The van der Waals surface area contributed by atoms with Crippen LogP contribution < -0.4 is 0 Å². The van der Waals surface area contributed by atoms with E-state index < -0.39 is 36.4 Å². The third-order valence-corrected chi connectivity index (χ3v) is 14.2. The zero-order valence-electron chi connectivity index (χ0n) is 45.9. The molecule has 0 aromatic rings. The summed E-state index contributed by atoms with van der Waals surface area (Å²) in [6.45, 7) is 13.4. The molecule has 0 aromatic carbocycles. The second-order valence-electron chi connectivity index (χ2n) is 21.0. The molecule has 0 amide bonds. The first kappa shape index (κ1) is 65.4. The van der Waals surface area contributed by atoms with Crippen LogP contribution >= 0.6 is 0 Å². The number of rotatable bonds is 53. The quantitative estimate of drug-likeness (QED) is 0.0368. The highest BCUT2D eigenvalue weighted by atomic mass is 16.6. The first-order valence-corrected chi connectivity index (χ1v) is 30.0. The Labute approximate surface area is 417 Å². The van der Waals surface area contributed by atoms with Crippen LogP contribution in [0.15, 0.2) is 0 Å². The van der Waals surface area contributed by atoms with Gasteiger partial charge in [-0.3, -0.25) is 9.59 Å². The zero-order valence-corrected chi connectivity index (χ0v) is 45.9. The van der Waals surface area contributed by atoms with Crippen LogP contribution in [0.5, 0.6) is 0 Å². The van der Waals surface area contributed by atoms with E-state index in [-0.39, 0.29) is 18.3 Å². The number of unbranched alkanes of at least 4 members (excludes halogenated alkanes) is 33. The normalized spacial score (nSPS) is 13.8. The molecule has 0 radical (unpaired) electrons. The largest absolute Gasteiger partial charge is 0.462 e. The summed E-state index contributed by atoms with van der Waals surface area (Å²) in [5.41, 5.74) is -2.36. The van der Waals surface area contributed by atoms with Crippen LogP contribution in [0, 0.1) is 0 Å². The molecule has 1 N–H and O–H groups in total. The monoisotopic (exact) mass is 949 g/mol. The maximum absolute atomic E-state index is 14.4. The molecule has 0 rings (SSSR count). The van der Waals surface area contributed by atoms with Crippen molar-refractivity contribution >= 4 is 17.9 Å². The number of hydrogen-bond acceptors (Lipinski definition) is 7. The summed E-state index contributed by atoms with van der Waals surface area (Å²) in [5.74, 6) is -2.13. The van der Waals surface area contributed by atoms with Crippen LogP contribution in [-0.4, -0.2) is 46.9 Å². The topological polar surface area (TPSA) is 99.1 Å². The van der Waals surface area contributed by atoms with Crippen molar-refractivity contribution in [3.8, 4) is 0 Å². The predicted molar refractivity (Wildman–Crippen MR) is 286 cm³/mol. The summed E-state index contributed by atoms with van der Waals surface area (Å²) in [5, 5.41) is 12.4. The summed E-state index contributed by atoms with van der Waals surface area (Å²) in [7, 11) is 0. The highest BCUT2D eigenvalue weighted by molar-refractivity contribution is 5.90. The fourth-order valence-corrected chi connectivity index (χ4v) is 9.63. The van der Waals surface area contributed by atoms with E-state index in [1.54, 1.807) is 0 Å². The highest BCUT2D eigenvalue weighted by Crippen LogP contribution is 2.27. The van der Waals surface area contributed by atoms with E-state index in [0.717, 1.165) is 128 Å². The molecule has 7 heteroatoms. The average molecular weight is 950 g/mol. The SMILES string of the molecule is CCCCCCCCCC(CCCCCCCC)OC(=O)CC(O)(CC(=O)OC(CCCCCCCC)CCCCCCCCC)C(=O)OC(CCCCCCCC)CCCCCCCCC. The Morgan fingerprint density at radius 1 is 0.299 bits per heavy atom. The van der Waals surface area contributed by atoms with Crippen molar-refractivity contribution in [1.29, 1.82) is 0 Å². The van der Waals surface area contributed by atoms with Gasteiger partial charge in [-0.2, -0.15) is 0 Å². The molecule has 398 valence electrons. The lowest BCUT2D eigenvalue weighted by molar-refractivity contribution is -0.184. The van der Waals surface area contributed by atoms with E-state index in [4.69, 9.17) is 14.2 Å². The smallest absolute Gasteiger partial charge is 0.339 e. The van der Waals surface area contributed by atoms with E-state index in [1.807, 2.05) is 0 Å². The van der Waals surface area contributed by atoms with Gasteiger partial charge in [0.15, 0.2) is 5.60 Å². The third-order valence-electron chi connectivity index (χ3n) is 14.2. The molecule has 0 spiro atoms. The maximum Gasteiger partial charge on any atom is 0.339 e. The van der Waals surface area contributed by atoms with E-state index in [2.05, 4.69) is 41.5 Å². The van der Waals surface area contributed by atoms with Crippen LogP contribution in [-0.2, 0) is 28.6 Å². The van der Waals surface area contributed by atoms with Gasteiger partial charge in [-0.1, -0.05) is 253 Å². The molecule has 0 bridgehead atoms. The predicted octanol–water partition coefficient (Wildman–Crippen LogP) is 18.9. The Morgan fingerprint density at radius 3 is 0.687 bits per heavy atom. The van der Waals surface area contributed by atoms with Crippen molar-refractivity contribution in [1.82, 2.24) is 0 Å². The number of carbonyl (C=O) groups is 3. The van der Waals surface area contributed by atoms with Crippen molar-refractivity contribution < 1.29 is 33.7 Å². The van der Waals surface area contributed by atoms with Gasteiger partial charge in [-0.15, -0.1) is 0 Å². The van der Waals surface area contributed by atoms with Gasteiger partial charge in [-0.25, -0.2) is 4.79 Å². The number of aliphatic hydroxyl groups is 1. The Kier molecular flexibility index (Phi) is 48.2. The van der Waals surface area contributed by atoms with E-state index in [1.165, 1.54) is 161 Å². The molecule has 3 unspecified atom stereocenters. The first-order chi connectivity index (χ1) is 32.7. The standard InChI is InChI=1S/C60H116O7/c1-7-13-19-25-31-37-42-48-54(46-40-34-28-22-16-10-4)65-57(61)52-60(64,59(63)67-56(50-44-36-30-24-18-12-6)51-45-39-33-27-21-15-9-3)53-58(62)66-55(47-41-35-29-23-17-11-5)49-43-38-32-26-20-14-8-2/h54-56,64H,7-53H2,1-6H3. The Bertz CT molecular complexity index is 1020. The molecule has 0 aliphatic heterocycles. The van der Waals surface area contributed by atoms with Crippen LogP contribution in [0.4, 0.5) is 0 Å². The second-order valence-corrected chi connectivity index (χ2v) is 21.0. The summed E-state index contributed by atoms with van der Waals surface area (Å²) in [6.07, 6.45) is 47.8. The molecule has 67 heavy (non-hydrogen) atoms. The number of hydrogen-bond donors (Lipinski definition) is 1. The second kappa shape index (κ2) is 49.4. The molecule has 0 saturated carbocycles. The number of esters is 3. The van der Waals surface area contributed by atoms with E-state index in [9.17, 15) is 19.5 Å². The van der Waals surface area contributed by atoms with Crippen LogP contribution in [0.25, 0.3) is 0 Å². The van der Waals surface area contributed by atoms with Gasteiger partial charge in [0.2, 0.25) is 0 Å². The Balaban J connectivity index is 6.31. The van der Waals surface area contributed by atoms with Gasteiger partial charge in [0.1, 0.15) is 18.3 Å². The minimum absolute atomic E-state index is 0.275. The summed E-state index contributed by atoms with van der Waals surface area (Å²) in [4.78, 5) is 42.5. The molecule has 0 aromatic heterocycles. The molecule has 0 aliphatic carbocycles. The van der Waals surface area contributed by atoms with Crippen molar-refractivity contribution in [3.05, 3.63) is 0 Å². The molecular formula is C60H116O7. The van der Waals surface area contributed by atoms with Crippen molar-refractivity contribution in [2.45, 2.75) is 367 Å². The third kappa shape index (κ3) is 41.8. The van der Waals surface area contributed by atoms with Crippen molar-refractivity contribution in [2.24, 2.45) is 0 Å². The molecule has 0 fully saturated rings. The van der Waals surface area contributed by atoms with Crippen molar-refractivity contribution in [3.63, 3.8) is 0 Å². The summed E-state index contributed by atoms with van der Waals surface area (Å²) < 4.78 is 18.7. The first-order valence-electron chi connectivity index (χ1n) is 30.0. The molecule has 7 nitrogen and oxygen atoms in total. The van der Waals surface area contributed by atoms with Crippen LogP contribution in [0.1, 0.15) is 343 Å². The highest BCUT2D eigenvalue weighted by Gasteiger charge is 2.45. The molecule has 3 atom stereocenters. The van der Waals surface area contributed by atoms with Gasteiger partial charge in [0.25, 0.3) is 0 Å². The fourth-order valence-electron chi connectivity index (χ4n) is 9.63. The zero-order chi connectivity index (χ0) is 49.3. The van der Waals surface area contributed by atoms with Gasteiger partial charge in [-0.05, 0) is 77.0 Å². The lowest BCUT2D eigenvalue weighted by Gasteiger charge is -2.29. The lowest BCUT2D eigenvalue weighted by Crippen LogP contribution is -2.46. The maximum atomic E-state index is 14.4. The minimum Gasteiger partial charge on any atom is -0.462 e. The fraction of sp³-hybridized carbons (Fsp3) is 0.950. The molecule has 0 aliphatic rings. The van der Waals surface area contributed by atoms with E-state index in [0.29, 0.717) is 0 Å². The molecule has 0 saturated heterocycles. The molecular weight excluding hydrogens is 833 g/mol. The van der Waals surface area contributed by atoms with E-state index >= 15 is 0 Å². The number of ether oxygens (including phenoxy) is 3. The Hall–Kier alpha value is -1.63. The van der Waals surface area contributed by atoms with Crippen LogP contribution in [0.3, 0.4) is 0 Å². The summed E-state index contributed by atoms with van der Waals surface area (Å²) in [6, 6.07) is 0. The van der Waals surface area contributed by atoms with Crippen LogP contribution in [0.2, 0.25) is 0 Å².